The van der Waals surface area contributed by atoms with E-state index in [9.17, 15) is 4.79 Å². The number of nitrogens with zero attached hydrogens (tertiary/aromatic N) is 2. The molecule has 0 aromatic heterocycles. The Kier molecular flexibility index (Phi) is 4.95. The number of rotatable bonds is 3. The van der Waals surface area contributed by atoms with Crippen molar-refractivity contribution in [2.24, 2.45) is 5.73 Å². The first-order valence-corrected chi connectivity index (χ1v) is 6.03. The predicted molar refractivity (Wildman–Crippen MR) is 68.5 cm³/mol. The van der Waals surface area contributed by atoms with Gasteiger partial charge in [-0.2, -0.15) is 0 Å². The van der Waals surface area contributed by atoms with Gasteiger partial charge in [-0.15, -0.1) is 0 Å². The van der Waals surface area contributed by atoms with Crippen LogP contribution in [0.25, 0.3) is 0 Å². The Bertz CT molecular complexity index is 264. The molecule has 0 spiro atoms. The van der Waals surface area contributed by atoms with Gasteiger partial charge in [0, 0.05) is 32.7 Å². The van der Waals surface area contributed by atoms with Crippen molar-refractivity contribution in [3.8, 4) is 0 Å². The third-order valence-corrected chi connectivity index (χ3v) is 3.23. The predicted octanol–water partition coefficient (Wildman–Crippen LogP) is 0.00810. The van der Waals surface area contributed by atoms with E-state index in [2.05, 4.69) is 10.2 Å². The molecule has 1 atom stereocenters. The third kappa shape index (κ3) is 3.31. The molecule has 1 saturated heterocycles. The number of amides is 2. The van der Waals surface area contributed by atoms with Crippen LogP contribution in [-0.4, -0.2) is 59.6 Å². The fourth-order valence-electron chi connectivity index (χ4n) is 1.76. The molecular weight excluding hydrogens is 224 g/mol. The summed E-state index contributed by atoms with van der Waals surface area (Å²) in [6, 6.07) is 0.136. The Morgan fingerprint density at radius 3 is 2.44 bits per heavy atom. The number of carbonyl (C=O) groups excluding carboxylic acids is 1. The highest BCUT2D eigenvalue weighted by molar-refractivity contribution is 7.80. The molecule has 2 amide bonds. The first-order chi connectivity index (χ1) is 7.56. The minimum atomic E-state index is 0.0186. The zero-order chi connectivity index (χ0) is 12.1. The average Bonchev–Trinajstić information content (AvgIpc) is 2.28. The minimum absolute atomic E-state index is 0.0186. The molecular formula is C10H20N4OS. The lowest BCUT2D eigenvalue weighted by Gasteiger charge is -2.37. The Balaban J connectivity index is 2.39. The van der Waals surface area contributed by atoms with Gasteiger partial charge in [-0.05, 0) is 13.8 Å². The summed E-state index contributed by atoms with van der Waals surface area (Å²) in [5.41, 5.74) is 5.61. The number of urea groups is 1. The van der Waals surface area contributed by atoms with Gasteiger partial charge in [0.1, 0.15) is 0 Å². The summed E-state index contributed by atoms with van der Waals surface area (Å²) in [6.45, 7) is 7.72. The largest absolute Gasteiger partial charge is 0.392 e. The Hall–Kier alpha value is -0.880. The second-order valence-electron chi connectivity index (χ2n) is 3.94. The molecule has 1 heterocycles. The Labute approximate surface area is 102 Å². The maximum Gasteiger partial charge on any atom is 0.317 e. The summed E-state index contributed by atoms with van der Waals surface area (Å²) < 4.78 is 0. The zero-order valence-corrected chi connectivity index (χ0v) is 10.7. The molecule has 1 rings (SSSR count). The number of nitrogens with two attached hydrogens (primary N) is 1. The lowest BCUT2D eigenvalue weighted by Crippen LogP contribution is -2.55. The van der Waals surface area contributed by atoms with Crippen LogP contribution in [0.4, 0.5) is 4.79 Å². The van der Waals surface area contributed by atoms with Crippen molar-refractivity contribution < 1.29 is 4.79 Å². The SMILES string of the molecule is CCNC(=O)N1CCN(C(C)C(N)=S)CC1. The second kappa shape index (κ2) is 6.00. The van der Waals surface area contributed by atoms with Crippen LogP contribution in [0.3, 0.4) is 0 Å². The van der Waals surface area contributed by atoms with E-state index in [0.29, 0.717) is 11.5 Å². The van der Waals surface area contributed by atoms with Crippen molar-refractivity contribution in [3.63, 3.8) is 0 Å². The highest BCUT2D eigenvalue weighted by Gasteiger charge is 2.24. The van der Waals surface area contributed by atoms with Gasteiger partial charge in [0.05, 0.1) is 11.0 Å². The van der Waals surface area contributed by atoms with Gasteiger partial charge in [-0.3, -0.25) is 4.90 Å². The quantitative estimate of drug-likeness (QED) is 0.687. The molecule has 0 aromatic carbocycles. The molecule has 0 aliphatic carbocycles. The fourth-order valence-corrected chi connectivity index (χ4v) is 1.90. The first-order valence-electron chi connectivity index (χ1n) is 5.62. The van der Waals surface area contributed by atoms with E-state index < -0.39 is 0 Å². The van der Waals surface area contributed by atoms with Gasteiger partial charge in [-0.25, -0.2) is 4.79 Å². The molecule has 0 saturated carbocycles. The standard InChI is InChI=1S/C10H20N4OS/c1-3-12-10(15)14-6-4-13(5-7-14)8(2)9(11)16/h8H,3-7H2,1-2H3,(H2,11,16)(H,12,15). The van der Waals surface area contributed by atoms with Crippen molar-refractivity contribution in [2.75, 3.05) is 32.7 Å². The number of piperazine rings is 1. The van der Waals surface area contributed by atoms with E-state index in [0.717, 1.165) is 26.2 Å². The monoisotopic (exact) mass is 244 g/mol. The van der Waals surface area contributed by atoms with Gasteiger partial charge in [0.15, 0.2) is 0 Å². The molecule has 0 radical (unpaired) electrons. The molecule has 1 unspecified atom stereocenters. The summed E-state index contributed by atoms with van der Waals surface area (Å²) in [5, 5.41) is 2.80. The maximum atomic E-state index is 11.6. The van der Waals surface area contributed by atoms with Crippen LogP contribution in [0, 0.1) is 0 Å². The number of hydrogen-bond acceptors (Lipinski definition) is 3. The van der Waals surface area contributed by atoms with Crippen LogP contribution in [0.5, 0.6) is 0 Å². The summed E-state index contributed by atoms with van der Waals surface area (Å²) in [7, 11) is 0. The van der Waals surface area contributed by atoms with Gasteiger partial charge in [0.2, 0.25) is 0 Å². The van der Waals surface area contributed by atoms with E-state index in [1.165, 1.54) is 0 Å². The van der Waals surface area contributed by atoms with Crippen LogP contribution in [0.1, 0.15) is 13.8 Å². The van der Waals surface area contributed by atoms with Crippen molar-refractivity contribution in [3.05, 3.63) is 0 Å². The van der Waals surface area contributed by atoms with Crippen molar-refractivity contribution >= 4 is 23.2 Å². The molecule has 1 aliphatic heterocycles. The lowest BCUT2D eigenvalue weighted by atomic mass is 10.2. The summed E-state index contributed by atoms with van der Waals surface area (Å²) in [4.78, 5) is 16.1. The van der Waals surface area contributed by atoms with E-state index >= 15 is 0 Å². The molecule has 5 nitrogen and oxygen atoms in total. The van der Waals surface area contributed by atoms with Crippen molar-refractivity contribution in [1.29, 1.82) is 0 Å². The maximum absolute atomic E-state index is 11.6. The number of hydrogen-bond donors (Lipinski definition) is 2. The van der Waals surface area contributed by atoms with Crippen molar-refractivity contribution in [1.82, 2.24) is 15.1 Å². The van der Waals surface area contributed by atoms with Gasteiger partial charge >= 0.3 is 6.03 Å². The second-order valence-corrected chi connectivity index (χ2v) is 4.41. The summed E-state index contributed by atoms with van der Waals surface area (Å²) in [5.74, 6) is 0. The van der Waals surface area contributed by atoms with Crippen LogP contribution < -0.4 is 11.1 Å². The highest BCUT2D eigenvalue weighted by atomic mass is 32.1. The molecule has 0 bridgehead atoms. The first kappa shape index (κ1) is 13.2. The Morgan fingerprint density at radius 2 is 2.00 bits per heavy atom. The number of thiocarbonyl (C=S) groups is 1. The molecule has 3 N–H and O–H groups in total. The zero-order valence-electron chi connectivity index (χ0n) is 9.90. The van der Waals surface area contributed by atoms with Crippen molar-refractivity contribution in [2.45, 2.75) is 19.9 Å². The molecule has 6 heteroatoms. The van der Waals surface area contributed by atoms with Gasteiger partial charge in [-0.1, -0.05) is 12.2 Å². The van der Waals surface area contributed by atoms with Gasteiger partial charge in [0.25, 0.3) is 0 Å². The number of carbonyl (C=O) groups is 1. The minimum Gasteiger partial charge on any atom is -0.392 e. The molecule has 0 aromatic rings. The van der Waals surface area contributed by atoms with Crippen LogP contribution >= 0.6 is 12.2 Å². The number of nitrogens with one attached hydrogen (secondary N) is 1. The fraction of sp³-hybridized carbons (Fsp3) is 0.800. The highest BCUT2D eigenvalue weighted by Crippen LogP contribution is 2.06. The van der Waals surface area contributed by atoms with Gasteiger partial charge < -0.3 is 16.0 Å². The third-order valence-electron chi connectivity index (χ3n) is 2.89. The molecule has 92 valence electrons. The molecule has 1 fully saturated rings. The lowest BCUT2D eigenvalue weighted by molar-refractivity contribution is 0.132. The topological polar surface area (TPSA) is 61.6 Å². The molecule has 16 heavy (non-hydrogen) atoms. The van der Waals surface area contributed by atoms with Crippen LogP contribution in [-0.2, 0) is 0 Å². The average molecular weight is 244 g/mol. The normalized spacial score (nSPS) is 19.2. The van der Waals surface area contributed by atoms with E-state index in [4.69, 9.17) is 18.0 Å². The molecule has 1 aliphatic rings. The van der Waals surface area contributed by atoms with E-state index in [1.807, 2.05) is 18.7 Å². The van der Waals surface area contributed by atoms with Crippen LogP contribution in [0.2, 0.25) is 0 Å². The smallest absolute Gasteiger partial charge is 0.317 e. The van der Waals surface area contributed by atoms with Crippen LogP contribution in [0.15, 0.2) is 0 Å². The Morgan fingerprint density at radius 1 is 1.44 bits per heavy atom. The summed E-state index contributed by atoms with van der Waals surface area (Å²) in [6.07, 6.45) is 0. The van der Waals surface area contributed by atoms with E-state index in [-0.39, 0.29) is 12.1 Å². The summed E-state index contributed by atoms with van der Waals surface area (Å²) >= 11 is 4.96. The van der Waals surface area contributed by atoms with E-state index in [1.54, 1.807) is 0 Å².